The lowest BCUT2D eigenvalue weighted by atomic mass is 9.97. The van der Waals surface area contributed by atoms with E-state index in [1.807, 2.05) is 6.92 Å². The van der Waals surface area contributed by atoms with E-state index in [2.05, 4.69) is 9.47 Å². The van der Waals surface area contributed by atoms with Crippen LogP contribution in [0, 0.1) is 11.6 Å². The van der Waals surface area contributed by atoms with Crippen LogP contribution in [0.5, 0.6) is 17.2 Å². The predicted octanol–water partition coefficient (Wildman–Crippen LogP) is 8.54. The van der Waals surface area contributed by atoms with Gasteiger partial charge in [-0.1, -0.05) is 44.0 Å². The Labute approximate surface area is 196 Å². The van der Waals surface area contributed by atoms with Gasteiger partial charge in [-0.25, -0.2) is 8.78 Å². The van der Waals surface area contributed by atoms with Crippen molar-refractivity contribution in [3.63, 3.8) is 0 Å². The molecule has 0 saturated heterocycles. The molecule has 0 aliphatic rings. The van der Waals surface area contributed by atoms with E-state index in [0.717, 1.165) is 31.2 Å². The SMILES string of the molecule is CCCCCc1ccc(-c2c([O])cc(F)c(C(F)(F)Oc3ccc(OC(F)(F)F)cc3)c2F)cc1. The summed E-state index contributed by atoms with van der Waals surface area (Å²) in [6.45, 7) is 2.05. The lowest BCUT2D eigenvalue weighted by Gasteiger charge is -2.21. The molecule has 0 saturated carbocycles. The molecule has 0 aromatic heterocycles. The number of hydrogen-bond donors (Lipinski definition) is 0. The zero-order valence-corrected chi connectivity index (χ0v) is 18.4. The highest BCUT2D eigenvalue weighted by atomic mass is 19.4. The molecule has 0 spiro atoms. The molecule has 0 amide bonds. The van der Waals surface area contributed by atoms with Crippen LogP contribution in [-0.2, 0) is 17.6 Å². The lowest BCUT2D eigenvalue weighted by Crippen LogP contribution is -2.25. The van der Waals surface area contributed by atoms with Gasteiger partial charge in [0, 0.05) is 6.07 Å². The third-order valence-corrected chi connectivity index (χ3v) is 5.09. The standard InChI is InChI=1S/C25H20F7O3/c1-2-3-4-5-15-6-8-16(9-7-15)21-20(33)14-19(26)22(23(21)27)24(28,29)34-17-10-12-18(13-11-17)35-25(30,31)32/h6-14H,2-5H2,1H3. The van der Waals surface area contributed by atoms with Crippen molar-refractivity contribution < 1.29 is 45.3 Å². The van der Waals surface area contributed by atoms with Crippen LogP contribution in [0.4, 0.5) is 30.7 Å². The summed E-state index contributed by atoms with van der Waals surface area (Å²) in [6.07, 6.45) is -5.90. The van der Waals surface area contributed by atoms with E-state index < -0.39 is 52.5 Å². The van der Waals surface area contributed by atoms with Crippen LogP contribution in [0.15, 0.2) is 54.6 Å². The zero-order chi connectivity index (χ0) is 25.8. The number of alkyl halides is 5. The quantitative estimate of drug-likeness (QED) is 0.218. The minimum Gasteiger partial charge on any atom is -0.429 e. The Hall–Kier alpha value is -3.43. The van der Waals surface area contributed by atoms with Crippen molar-refractivity contribution in [2.24, 2.45) is 0 Å². The lowest BCUT2D eigenvalue weighted by molar-refractivity contribution is -0.274. The first-order chi connectivity index (χ1) is 16.4. The summed E-state index contributed by atoms with van der Waals surface area (Å²) >= 11 is 0. The van der Waals surface area contributed by atoms with Gasteiger partial charge in [-0.05, 0) is 48.2 Å². The Morgan fingerprint density at radius 1 is 0.800 bits per heavy atom. The number of rotatable bonds is 9. The monoisotopic (exact) mass is 501 g/mol. The second kappa shape index (κ2) is 10.5. The second-order valence-electron chi connectivity index (χ2n) is 7.71. The summed E-state index contributed by atoms with van der Waals surface area (Å²) < 4.78 is 104. The topological polar surface area (TPSA) is 38.4 Å². The normalized spacial score (nSPS) is 12.0. The van der Waals surface area contributed by atoms with E-state index in [-0.39, 0.29) is 11.6 Å². The summed E-state index contributed by atoms with van der Waals surface area (Å²) in [5.41, 5.74) is -1.66. The van der Waals surface area contributed by atoms with E-state index in [1.54, 1.807) is 12.1 Å². The van der Waals surface area contributed by atoms with Crippen LogP contribution in [0.3, 0.4) is 0 Å². The van der Waals surface area contributed by atoms with Gasteiger partial charge in [0.05, 0.1) is 5.56 Å². The summed E-state index contributed by atoms with van der Waals surface area (Å²) in [6, 6.07) is 9.09. The van der Waals surface area contributed by atoms with Crippen LogP contribution >= 0.6 is 0 Å². The fourth-order valence-electron chi connectivity index (χ4n) is 3.46. The maximum atomic E-state index is 15.1. The fourth-order valence-corrected chi connectivity index (χ4v) is 3.46. The maximum Gasteiger partial charge on any atom is 0.573 e. The Morgan fingerprint density at radius 3 is 1.91 bits per heavy atom. The number of hydrogen-bond acceptors (Lipinski definition) is 2. The second-order valence-corrected chi connectivity index (χ2v) is 7.71. The molecule has 3 nitrogen and oxygen atoms in total. The molecular weight excluding hydrogens is 481 g/mol. The van der Waals surface area contributed by atoms with Gasteiger partial charge >= 0.3 is 12.5 Å². The molecular formula is C25H20F7O3. The molecule has 3 rings (SSSR count). The van der Waals surface area contributed by atoms with Crippen LogP contribution in [-0.4, -0.2) is 6.36 Å². The van der Waals surface area contributed by atoms with Gasteiger partial charge < -0.3 is 9.47 Å². The molecule has 35 heavy (non-hydrogen) atoms. The Bertz CT molecular complexity index is 1140. The molecule has 10 heteroatoms. The first-order valence-corrected chi connectivity index (χ1v) is 10.6. The van der Waals surface area contributed by atoms with E-state index >= 15 is 4.39 Å². The number of unbranched alkanes of at least 4 members (excludes halogenated alkanes) is 2. The Morgan fingerprint density at radius 2 is 1.37 bits per heavy atom. The third-order valence-electron chi connectivity index (χ3n) is 5.09. The third kappa shape index (κ3) is 6.58. The van der Waals surface area contributed by atoms with Gasteiger partial charge in [-0.15, -0.1) is 13.2 Å². The molecule has 0 aliphatic carbocycles. The molecule has 0 unspecified atom stereocenters. The minimum atomic E-state index is -5.00. The zero-order valence-electron chi connectivity index (χ0n) is 18.4. The average molecular weight is 501 g/mol. The van der Waals surface area contributed by atoms with Crippen LogP contribution in [0.25, 0.3) is 11.1 Å². The first-order valence-electron chi connectivity index (χ1n) is 10.6. The van der Waals surface area contributed by atoms with Crippen molar-refractivity contribution in [3.05, 3.63) is 77.4 Å². The van der Waals surface area contributed by atoms with Gasteiger partial charge in [-0.3, -0.25) is 5.11 Å². The van der Waals surface area contributed by atoms with Crippen molar-refractivity contribution in [1.82, 2.24) is 0 Å². The van der Waals surface area contributed by atoms with Gasteiger partial charge in [0.15, 0.2) is 11.6 Å². The largest absolute Gasteiger partial charge is 0.573 e. The summed E-state index contributed by atoms with van der Waals surface area (Å²) in [7, 11) is 0. The highest BCUT2D eigenvalue weighted by molar-refractivity contribution is 5.72. The fraction of sp³-hybridized carbons (Fsp3) is 0.280. The first kappa shape index (κ1) is 26.2. The summed E-state index contributed by atoms with van der Waals surface area (Å²) in [5, 5.41) is 12.3. The Balaban J connectivity index is 1.90. The number of ether oxygens (including phenoxy) is 2. The molecule has 3 aromatic rings. The summed E-state index contributed by atoms with van der Waals surface area (Å²) in [5.74, 6) is -6.15. The minimum absolute atomic E-state index is 0.0163. The van der Waals surface area contributed by atoms with Crippen LogP contribution in [0.1, 0.15) is 37.3 Å². The number of benzene rings is 3. The molecule has 0 N–H and O–H groups in total. The Kier molecular flexibility index (Phi) is 7.82. The van der Waals surface area contributed by atoms with Gasteiger partial charge in [0.25, 0.3) is 0 Å². The van der Waals surface area contributed by atoms with E-state index in [0.29, 0.717) is 24.3 Å². The molecule has 0 heterocycles. The molecule has 0 atom stereocenters. The van der Waals surface area contributed by atoms with Crippen molar-refractivity contribution in [3.8, 4) is 28.4 Å². The van der Waals surface area contributed by atoms with E-state index in [4.69, 9.17) is 0 Å². The molecule has 0 aliphatic heterocycles. The van der Waals surface area contributed by atoms with Crippen molar-refractivity contribution >= 4 is 0 Å². The van der Waals surface area contributed by atoms with Crippen molar-refractivity contribution in [2.45, 2.75) is 45.1 Å². The number of aryl methyl sites for hydroxylation is 1. The van der Waals surface area contributed by atoms with E-state index in [1.165, 1.54) is 12.1 Å². The molecule has 1 radical (unpaired) electrons. The predicted molar refractivity (Wildman–Crippen MR) is 113 cm³/mol. The molecule has 0 fully saturated rings. The average Bonchev–Trinajstić information content (AvgIpc) is 2.74. The molecule has 0 bridgehead atoms. The summed E-state index contributed by atoms with van der Waals surface area (Å²) in [4.78, 5) is 0. The van der Waals surface area contributed by atoms with Gasteiger partial charge in [0.2, 0.25) is 0 Å². The van der Waals surface area contributed by atoms with E-state index in [9.17, 15) is 31.4 Å². The highest BCUT2D eigenvalue weighted by Gasteiger charge is 2.43. The van der Waals surface area contributed by atoms with Crippen LogP contribution < -0.4 is 9.47 Å². The smallest absolute Gasteiger partial charge is 0.429 e. The van der Waals surface area contributed by atoms with Gasteiger partial charge in [0.1, 0.15) is 22.9 Å². The van der Waals surface area contributed by atoms with Gasteiger partial charge in [-0.2, -0.15) is 8.78 Å². The number of halogens is 7. The molecule has 187 valence electrons. The van der Waals surface area contributed by atoms with Crippen molar-refractivity contribution in [2.75, 3.05) is 0 Å². The van der Waals surface area contributed by atoms with Crippen molar-refractivity contribution in [1.29, 1.82) is 0 Å². The maximum absolute atomic E-state index is 15.1. The van der Waals surface area contributed by atoms with Crippen LogP contribution in [0.2, 0.25) is 0 Å². The highest BCUT2D eigenvalue weighted by Crippen LogP contribution is 2.42. The molecule has 3 aromatic carbocycles.